The third kappa shape index (κ3) is 2.32. The molecule has 0 spiro atoms. The van der Waals surface area contributed by atoms with E-state index in [0.717, 1.165) is 12.3 Å². The highest BCUT2D eigenvalue weighted by Gasteiger charge is 2.30. The zero-order chi connectivity index (χ0) is 9.97. The van der Waals surface area contributed by atoms with Crippen molar-refractivity contribution < 1.29 is 0 Å². The van der Waals surface area contributed by atoms with E-state index < -0.39 is 0 Å². The minimum Gasteiger partial charge on any atom is -0.316 e. The Kier molecular flexibility index (Phi) is 2.82. The maximum Gasteiger partial charge on any atom is 0.0419 e. The first-order valence-corrected chi connectivity index (χ1v) is 5.38. The number of aromatic nitrogens is 1. The largest absolute Gasteiger partial charge is 0.316 e. The van der Waals surface area contributed by atoms with Gasteiger partial charge in [0.15, 0.2) is 0 Å². The lowest BCUT2D eigenvalue weighted by Gasteiger charge is -2.14. The standard InChI is InChI=1S/C12H18N2/c1-9-3-6-11(14-8-9)7-12(13-2)10-4-5-10/h3,6,8,10,12-13H,4-5,7H2,1-2H3. The van der Waals surface area contributed by atoms with Gasteiger partial charge in [0.05, 0.1) is 0 Å². The van der Waals surface area contributed by atoms with Crippen LogP contribution in [0, 0.1) is 12.8 Å². The highest BCUT2D eigenvalue weighted by atomic mass is 14.9. The van der Waals surface area contributed by atoms with Gasteiger partial charge in [-0.25, -0.2) is 0 Å². The van der Waals surface area contributed by atoms with Crippen molar-refractivity contribution in [3.05, 3.63) is 29.6 Å². The first kappa shape index (κ1) is 9.66. The van der Waals surface area contributed by atoms with Gasteiger partial charge in [0.2, 0.25) is 0 Å². The number of rotatable bonds is 4. The molecule has 1 saturated carbocycles. The molecule has 2 heteroatoms. The molecule has 0 saturated heterocycles. The smallest absolute Gasteiger partial charge is 0.0419 e. The van der Waals surface area contributed by atoms with Crippen molar-refractivity contribution in [2.75, 3.05) is 7.05 Å². The molecule has 76 valence electrons. The van der Waals surface area contributed by atoms with Gasteiger partial charge in [0.1, 0.15) is 0 Å². The second-order valence-corrected chi connectivity index (χ2v) is 4.26. The quantitative estimate of drug-likeness (QED) is 0.784. The second kappa shape index (κ2) is 4.09. The normalized spacial score (nSPS) is 18.1. The van der Waals surface area contributed by atoms with Crippen LogP contribution in [0.4, 0.5) is 0 Å². The molecule has 0 bridgehead atoms. The summed E-state index contributed by atoms with van der Waals surface area (Å²) in [4.78, 5) is 4.44. The van der Waals surface area contributed by atoms with Gasteiger partial charge in [0, 0.05) is 24.4 Å². The molecule has 1 heterocycles. The average Bonchev–Trinajstić information content (AvgIpc) is 3.01. The summed E-state index contributed by atoms with van der Waals surface area (Å²) < 4.78 is 0. The highest BCUT2D eigenvalue weighted by molar-refractivity contribution is 5.13. The first-order chi connectivity index (χ1) is 6.79. The molecule has 1 N–H and O–H groups in total. The molecule has 1 unspecified atom stereocenters. The van der Waals surface area contributed by atoms with Crippen molar-refractivity contribution in [1.29, 1.82) is 0 Å². The molecule has 2 rings (SSSR count). The minimum atomic E-state index is 0.630. The zero-order valence-electron chi connectivity index (χ0n) is 8.96. The number of pyridine rings is 1. The Labute approximate surface area is 85.7 Å². The van der Waals surface area contributed by atoms with Crippen molar-refractivity contribution in [3.8, 4) is 0 Å². The Bertz CT molecular complexity index is 288. The summed E-state index contributed by atoms with van der Waals surface area (Å²) in [6.45, 7) is 2.08. The van der Waals surface area contributed by atoms with E-state index in [2.05, 4.69) is 36.4 Å². The van der Waals surface area contributed by atoms with Crippen LogP contribution in [0.5, 0.6) is 0 Å². The fourth-order valence-corrected chi connectivity index (χ4v) is 1.85. The van der Waals surface area contributed by atoms with Crippen LogP contribution in [-0.2, 0) is 6.42 Å². The van der Waals surface area contributed by atoms with Crippen LogP contribution in [0.2, 0.25) is 0 Å². The SMILES string of the molecule is CNC(Cc1ccc(C)cn1)C1CC1. The number of aryl methyl sites for hydroxylation is 1. The molecule has 1 aliphatic rings. The van der Waals surface area contributed by atoms with Gasteiger partial charge in [-0.05, 0) is 44.4 Å². The lowest BCUT2D eigenvalue weighted by molar-refractivity contribution is 0.495. The van der Waals surface area contributed by atoms with Crippen molar-refractivity contribution >= 4 is 0 Å². The van der Waals surface area contributed by atoms with Crippen LogP contribution in [0.3, 0.4) is 0 Å². The van der Waals surface area contributed by atoms with E-state index in [1.165, 1.54) is 24.1 Å². The van der Waals surface area contributed by atoms with Crippen molar-refractivity contribution in [2.24, 2.45) is 5.92 Å². The monoisotopic (exact) mass is 190 g/mol. The van der Waals surface area contributed by atoms with Crippen LogP contribution in [0.25, 0.3) is 0 Å². The van der Waals surface area contributed by atoms with E-state index >= 15 is 0 Å². The number of nitrogens with zero attached hydrogens (tertiary/aromatic N) is 1. The fourth-order valence-electron chi connectivity index (χ4n) is 1.85. The maximum atomic E-state index is 4.44. The van der Waals surface area contributed by atoms with Gasteiger partial charge >= 0.3 is 0 Å². The predicted molar refractivity (Wildman–Crippen MR) is 58.2 cm³/mol. The number of hydrogen-bond donors (Lipinski definition) is 1. The van der Waals surface area contributed by atoms with Crippen LogP contribution < -0.4 is 5.32 Å². The van der Waals surface area contributed by atoms with Gasteiger partial charge < -0.3 is 5.32 Å². The first-order valence-electron chi connectivity index (χ1n) is 5.38. The van der Waals surface area contributed by atoms with E-state index in [4.69, 9.17) is 0 Å². The summed E-state index contributed by atoms with van der Waals surface area (Å²) >= 11 is 0. The molecule has 1 aromatic rings. The Morgan fingerprint density at radius 3 is 2.79 bits per heavy atom. The summed E-state index contributed by atoms with van der Waals surface area (Å²) in [6, 6.07) is 4.91. The summed E-state index contributed by atoms with van der Waals surface area (Å²) in [5, 5.41) is 3.39. The summed E-state index contributed by atoms with van der Waals surface area (Å²) in [5.74, 6) is 0.892. The Morgan fingerprint density at radius 1 is 1.50 bits per heavy atom. The van der Waals surface area contributed by atoms with Crippen molar-refractivity contribution in [1.82, 2.24) is 10.3 Å². The van der Waals surface area contributed by atoms with Gasteiger partial charge in [-0.15, -0.1) is 0 Å². The number of nitrogens with one attached hydrogen (secondary N) is 1. The molecule has 1 aliphatic carbocycles. The molecule has 1 aromatic heterocycles. The molecular formula is C12H18N2. The highest BCUT2D eigenvalue weighted by Crippen LogP contribution is 2.33. The molecule has 1 atom stereocenters. The Morgan fingerprint density at radius 2 is 2.29 bits per heavy atom. The molecule has 1 fully saturated rings. The van der Waals surface area contributed by atoms with Gasteiger partial charge in [-0.3, -0.25) is 4.98 Å². The van der Waals surface area contributed by atoms with Crippen LogP contribution >= 0.6 is 0 Å². The Balaban J connectivity index is 1.98. The zero-order valence-corrected chi connectivity index (χ0v) is 8.96. The molecule has 0 radical (unpaired) electrons. The second-order valence-electron chi connectivity index (χ2n) is 4.26. The summed E-state index contributed by atoms with van der Waals surface area (Å²) in [6.07, 6.45) is 5.80. The lowest BCUT2D eigenvalue weighted by atomic mass is 10.1. The summed E-state index contributed by atoms with van der Waals surface area (Å²) in [7, 11) is 2.05. The maximum absolute atomic E-state index is 4.44. The molecule has 0 aliphatic heterocycles. The van der Waals surface area contributed by atoms with Crippen molar-refractivity contribution in [3.63, 3.8) is 0 Å². The van der Waals surface area contributed by atoms with Gasteiger partial charge in [0.25, 0.3) is 0 Å². The lowest BCUT2D eigenvalue weighted by Crippen LogP contribution is -2.29. The number of likely N-dealkylation sites (N-methyl/N-ethyl adjacent to an activating group) is 1. The third-order valence-corrected chi connectivity index (χ3v) is 2.96. The molecular weight excluding hydrogens is 172 g/mol. The molecule has 14 heavy (non-hydrogen) atoms. The van der Waals surface area contributed by atoms with E-state index in [1.807, 2.05) is 6.20 Å². The van der Waals surface area contributed by atoms with Gasteiger partial charge in [-0.1, -0.05) is 6.07 Å². The average molecular weight is 190 g/mol. The van der Waals surface area contributed by atoms with E-state index in [9.17, 15) is 0 Å². The third-order valence-electron chi connectivity index (χ3n) is 2.96. The van der Waals surface area contributed by atoms with E-state index in [1.54, 1.807) is 0 Å². The van der Waals surface area contributed by atoms with Crippen molar-refractivity contribution in [2.45, 2.75) is 32.2 Å². The number of hydrogen-bond acceptors (Lipinski definition) is 2. The van der Waals surface area contributed by atoms with Crippen LogP contribution in [0.1, 0.15) is 24.1 Å². The molecule has 0 aromatic carbocycles. The molecule has 2 nitrogen and oxygen atoms in total. The van der Waals surface area contributed by atoms with Gasteiger partial charge in [-0.2, -0.15) is 0 Å². The van der Waals surface area contributed by atoms with E-state index in [-0.39, 0.29) is 0 Å². The summed E-state index contributed by atoms with van der Waals surface area (Å²) in [5.41, 5.74) is 2.45. The predicted octanol–water partition coefficient (Wildman–Crippen LogP) is 1.93. The fraction of sp³-hybridized carbons (Fsp3) is 0.583. The van der Waals surface area contributed by atoms with Crippen LogP contribution in [0.15, 0.2) is 18.3 Å². The van der Waals surface area contributed by atoms with E-state index in [0.29, 0.717) is 6.04 Å². The topological polar surface area (TPSA) is 24.9 Å². The Hall–Kier alpha value is -0.890. The minimum absolute atomic E-state index is 0.630. The molecule has 0 amide bonds. The van der Waals surface area contributed by atoms with Crippen LogP contribution in [-0.4, -0.2) is 18.1 Å².